The van der Waals surface area contributed by atoms with Crippen LogP contribution < -0.4 is 0 Å². The Labute approximate surface area is 166 Å². The van der Waals surface area contributed by atoms with E-state index in [1.54, 1.807) is 12.3 Å². The smallest absolute Gasteiger partial charge is 0.270 e. The van der Waals surface area contributed by atoms with Gasteiger partial charge in [0, 0.05) is 24.8 Å². The highest BCUT2D eigenvalue weighted by Crippen LogP contribution is 2.22. The number of aromatic nitrogens is 1. The van der Waals surface area contributed by atoms with E-state index in [0.717, 1.165) is 58.3 Å². The molecule has 5 heteroatoms. The summed E-state index contributed by atoms with van der Waals surface area (Å²) < 4.78 is 0. The lowest BCUT2D eigenvalue weighted by atomic mass is 9.90. The average molecular weight is 380 g/mol. The van der Waals surface area contributed by atoms with Crippen LogP contribution in [-0.4, -0.2) is 59.2 Å². The normalized spacial score (nSPS) is 18.5. The number of hydrogen-bond donors (Lipinski definition) is 1. The molecule has 2 saturated heterocycles. The van der Waals surface area contributed by atoms with Crippen LogP contribution in [0.1, 0.15) is 52.1 Å². The summed E-state index contributed by atoms with van der Waals surface area (Å²) in [7, 11) is 0. The molecule has 5 nitrogen and oxygen atoms in total. The van der Waals surface area contributed by atoms with Crippen LogP contribution in [-0.2, 0) is 6.42 Å². The zero-order valence-corrected chi connectivity index (χ0v) is 16.4. The summed E-state index contributed by atoms with van der Waals surface area (Å²) in [5.74, 6) is 0.808. The summed E-state index contributed by atoms with van der Waals surface area (Å²) in [6.07, 6.45) is 7.22. The third-order valence-electron chi connectivity index (χ3n) is 6.07. The van der Waals surface area contributed by atoms with E-state index in [0.29, 0.717) is 23.7 Å². The fourth-order valence-corrected chi connectivity index (χ4v) is 4.36. The molecule has 1 N–H and O–H groups in total. The molecular formula is C23H29N3O2. The minimum atomic E-state index is 0.0123. The van der Waals surface area contributed by atoms with E-state index in [1.807, 2.05) is 4.90 Å². The molecule has 0 radical (unpaired) electrons. The molecule has 2 aliphatic rings. The molecule has 0 spiro atoms. The number of ketones is 1. The van der Waals surface area contributed by atoms with Crippen molar-refractivity contribution in [1.29, 1.82) is 0 Å². The number of Topliss-reactive ketones (excluding diaryl/α,β-unsaturated/α-hetero) is 1. The monoisotopic (exact) mass is 379 g/mol. The van der Waals surface area contributed by atoms with Crippen molar-refractivity contribution < 1.29 is 9.59 Å². The van der Waals surface area contributed by atoms with Crippen LogP contribution in [0.25, 0.3) is 0 Å². The predicted octanol–water partition coefficient (Wildman–Crippen LogP) is 3.39. The lowest BCUT2D eigenvalue weighted by molar-refractivity contribution is 0.0787. The number of carbonyl (C=O) groups is 2. The summed E-state index contributed by atoms with van der Waals surface area (Å²) >= 11 is 0. The summed E-state index contributed by atoms with van der Waals surface area (Å²) in [4.78, 5) is 32.2. The predicted molar refractivity (Wildman–Crippen MR) is 110 cm³/mol. The minimum absolute atomic E-state index is 0.0123. The number of aromatic amines is 1. The Hall–Kier alpha value is -2.40. The van der Waals surface area contributed by atoms with Gasteiger partial charge < -0.3 is 9.88 Å². The van der Waals surface area contributed by atoms with Gasteiger partial charge in [-0.25, -0.2) is 0 Å². The first-order valence-electron chi connectivity index (χ1n) is 10.5. The molecule has 2 aromatic rings. The van der Waals surface area contributed by atoms with Crippen molar-refractivity contribution in [3.63, 3.8) is 0 Å². The Morgan fingerprint density at radius 1 is 1.00 bits per heavy atom. The second kappa shape index (κ2) is 8.74. The summed E-state index contributed by atoms with van der Waals surface area (Å²) in [6.45, 7) is 4.01. The first-order valence-corrected chi connectivity index (χ1v) is 10.5. The topological polar surface area (TPSA) is 56.4 Å². The fraction of sp³-hybridized carbons (Fsp3) is 0.478. The van der Waals surface area contributed by atoms with Crippen LogP contribution in [0.4, 0.5) is 0 Å². The van der Waals surface area contributed by atoms with E-state index < -0.39 is 0 Å². The van der Waals surface area contributed by atoms with Crippen molar-refractivity contribution in [1.82, 2.24) is 14.8 Å². The molecule has 2 fully saturated rings. The molecule has 1 amide bonds. The molecule has 2 aliphatic heterocycles. The van der Waals surface area contributed by atoms with Crippen molar-refractivity contribution in [2.45, 2.75) is 32.1 Å². The van der Waals surface area contributed by atoms with Crippen molar-refractivity contribution >= 4 is 11.7 Å². The van der Waals surface area contributed by atoms with E-state index in [1.165, 1.54) is 5.56 Å². The van der Waals surface area contributed by atoms with E-state index in [2.05, 4.69) is 40.2 Å². The van der Waals surface area contributed by atoms with Crippen molar-refractivity contribution in [2.24, 2.45) is 5.92 Å². The third kappa shape index (κ3) is 4.53. The van der Waals surface area contributed by atoms with E-state index in [9.17, 15) is 9.59 Å². The summed E-state index contributed by atoms with van der Waals surface area (Å²) in [5.41, 5.74) is 2.56. The first kappa shape index (κ1) is 18.9. The van der Waals surface area contributed by atoms with E-state index in [4.69, 9.17) is 0 Å². The van der Waals surface area contributed by atoms with Crippen LogP contribution >= 0.6 is 0 Å². The highest BCUT2D eigenvalue weighted by atomic mass is 16.2. The maximum atomic E-state index is 12.7. The Morgan fingerprint density at radius 3 is 2.43 bits per heavy atom. The largest absolute Gasteiger partial charge is 0.356 e. The molecule has 3 heterocycles. The highest BCUT2D eigenvalue weighted by molar-refractivity contribution is 6.01. The van der Waals surface area contributed by atoms with Gasteiger partial charge in [0.05, 0.1) is 6.54 Å². The quantitative estimate of drug-likeness (QED) is 0.783. The summed E-state index contributed by atoms with van der Waals surface area (Å²) in [5, 5.41) is 0. The third-order valence-corrected chi connectivity index (χ3v) is 6.07. The van der Waals surface area contributed by atoms with Crippen LogP contribution in [0.2, 0.25) is 0 Å². The SMILES string of the molecule is O=C(CN1CCC(Cc2ccccc2)CC1)c1c[nH]c(C(=O)N2CCCC2)c1. The summed E-state index contributed by atoms with van der Waals surface area (Å²) in [6, 6.07) is 12.4. The minimum Gasteiger partial charge on any atom is -0.356 e. The van der Waals surface area contributed by atoms with Gasteiger partial charge in [-0.3, -0.25) is 14.5 Å². The molecule has 4 rings (SSSR count). The molecule has 0 saturated carbocycles. The lowest BCUT2D eigenvalue weighted by Crippen LogP contribution is -2.37. The van der Waals surface area contributed by atoms with Crippen LogP contribution in [0.15, 0.2) is 42.6 Å². The Morgan fingerprint density at radius 2 is 1.71 bits per heavy atom. The number of hydrogen-bond acceptors (Lipinski definition) is 3. The van der Waals surface area contributed by atoms with Gasteiger partial charge >= 0.3 is 0 Å². The Kier molecular flexibility index (Phi) is 5.91. The van der Waals surface area contributed by atoms with Crippen LogP contribution in [0.5, 0.6) is 0 Å². The van der Waals surface area contributed by atoms with Crippen molar-refractivity contribution in [3.8, 4) is 0 Å². The lowest BCUT2D eigenvalue weighted by Gasteiger charge is -2.31. The van der Waals surface area contributed by atoms with Gasteiger partial charge in [0.25, 0.3) is 5.91 Å². The zero-order chi connectivity index (χ0) is 19.3. The van der Waals surface area contributed by atoms with E-state index >= 15 is 0 Å². The van der Waals surface area contributed by atoms with Crippen molar-refractivity contribution in [2.75, 3.05) is 32.7 Å². The zero-order valence-electron chi connectivity index (χ0n) is 16.4. The molecule has 0 unspecified atom stereocenters. The Bertz CT molecular complexity index is 800. The molecule has 28 heavy (non-hydrogen) atoms. The number of nitrogens with zero attached hydrogens (tertiary/aromatic N) is 2. The highest BCUT2D eigenvalue weighted by Gasteiger charge is 2.24. The second-order valence-corrected chi connectivity index (χ2v) is 8.13. The molecule has 0 aliphatic carbocycles. The number of likely N-dealkylation sites (tertiary alicyclic amines) is 2. The maximum Gasteiger partial charge on any atom is 0.270 e. The average Bonchev–Trinajstić information content (AvgIpc) is 3.42. The number of piperidine rings is 1. The fourth-order valence-electron chi connectivity index (χ4n) is 4.36. The number of amides is 1. The van der Waals surface area contributed by atoms with E-state index in [-0.39, 0.29) is 11.7 Å². The van der Waals surface area contributed by atoms with Gasteiger partial charge in [-0.2, -0.15) is 0 Å². The number of nitrogens with one attached hydrogen (secondary N) is 1. The maximum absolute atomic E-state index is 12.7. The van der Waals surface area contributed by atoms with Crippen LogP contribution in [0.3, 0.4) is 0 Å². The van der Waals surface area contributed by atoms with Gasteiger partial charge in [0.1, 0.15) is 5.69 Å². The molecule has 0 bridgehead atoms. The number of rotatable bonds is 6. The number of H-pyrrole nitrogens is 1. The number of benzene rings is 1. The van der Waals surface area contributed by atoms with Gasteiger partial charge in [-0.05, 0) is 62.7 Å². The van der Waals surface area contributed by atoms with Crippen molar-refractivity contribution in [3.05, 3.63) is 59.4 Å². The van der Waals surface area contributed by atoms with Crippen LogP contribution in [0, 0.1) is 5.92 Å². The van der Waals surface area contributed by atoms with Gasteiger partial charge in [-0.1, -0.05) is 30.3 Å². The Balaban J connectivity index is 1.26. The standard InChI is InChI=1S/C23H29N3O2/c27-22(20-15-21(24-16-20)23(28)26-10-4-5-11-26)17-25-12-8-19(9-13-25)14-18-6-2-1-3-7-18/h1-3,6-7,15-16,19,24H,4-5,8-14,17H2. The van der Waals surface area contributed by atoms with Gasteiger partial charge in [-0.15, -0.1) is 0 Å². The first-order chi connectivity index (χ1) is 13.7. The number of carbonyl (C=O) groups excluding carboxylic acids is 2. The molecule has 0 atom stereocenters. The molecule has 1 aromatic heterocycles. The molecule has 1 aromatic carbocycles. The molecular weight excluding hydrogens is 350 g/mol. The molecule has 148 valence electrons. The van der Waals surface area contributed by atoms with Gasteiger partial charge in [0.2, 0.25) is 0 Å². The second-order valence-electron chi connectivity index (χ2n) is 8.13. The van der Waals surface area contributed by atoms with Gasteiger partial charge in [0.15, 0.2) is 5.78 Å².